The van der Waals surface area contributed by atoms with Gasteiger partial charge in [-0.2, -0.15) is 0 Å². The van der Waals surface area contributed by atoms with Crippen molar-refractivity contribution in [3.63, 3.8) is 0 Å². The average Bonchev–Trinajstić information content (AvgIpc) is 2.18. The molecule has 1 aromatic rings. The Morgan fingerprint density at radius 1 is 1.47 bits per heavy atom. The third-order valence-corrected chi connectivity index (χ3v) is 3.08. The fourth-order valence-corrected chi connectivity index (χ4v) is 2.16. The molecule has 1 atom stereocenters. The van der Waals surface area contributed by atoms with Crippen LogP contribution in [0.4, 0.5) is 0 Å². The van der Waals surface area contributed by atoms with Crippen LogP contribution >= 0.6 is 0 Å². The van der Waals surface area contributed by atoms with E-state index in [0.717, 1.165) is 5.56 Å². The number of hydrogen-bond acceptors (Lipinski definition) is 3. The monoisotopic (exact) mass is 226 g/mol. The molecule has 0 aliphatic heterocycles. The van der Waals surface area contributed by atoms with Gasteiger partial charge in [0, 0.05) is 4.90 Å². The zero-order valence-electron chi connectivity index (χ0n) is 8.86. The normalized spacial score (nSPS) is 12.1. The van der Waals surface area contributed by atoms with Crippen molar-refractivity contribution in [3.8, 4) is 0 Å². The molecule has 82 valence electrons. The highest BCUT2D eigenvalue weighted by atomic mass is 32.2. The van der Waals surface area contributed by atoms with E-state index >= 15 is 0 Å². The standard InChI is InChI=1S/C11H14O3S/c1-3-14-11(12)8-15(13)10-6-4-5-9(2)7-10/h4-7H,3,8H2,1-2H3. The maximum absolute atomic E-state index is 11.7. The first-order valence-electron chi connectivity index (χ1n) is 4.74. The lowest BCUT2D eigenvalue weighted by molar-refractivity contribution is -0.139. The van der Waals surface area contributed by atoms with E-state index in [1.54, 1.807) is 13.0 Å². The summed E-state index contributed by atoms with van der Waals surface area (Å²) in [6, 6.07) is 7.32. The van der Waals surface area contributed by atoms with Crippen LogP contribution in [0.3, 0.4) is 0 Å². The van der Waals surface area contributed by atoms with Crippen LogP contribution < -0.4 is 0 Å². The number of aryl methyl sites for hydroxylation is 1. The van der Waals surface area contributed by atoms with Crippen molar-refractivity contribution in [2.24, 2.45) is 0 Å². The smallest absolute Gasteiger partial charge is 0.318 e. The molecule has 1 rings (SSSR count). The summed E-state index contributed by atoms with van der Waals surface area (Å²) in [5.41, 5.74) is 1.03. The summed E-state index contributed by atoms with van der Waals surface area (Å²) in [6.07, 6.45) is 0. The first kappa shape index (κ1) is 11.9. The molecule has 0 N–H and O–H groups in total. The van der Waals surface area contributed by atoms with Crippen LogP contribution in [0.1, 0.15) is 12.5 Å². The van der Waals surface area contributed by atoms with Crippen molar-refractivity contribution in [3.05, 3.63) is 29.8 Å². The zero-order valence-corrected chi connectivity index (χ0v) is 9.67. The van der Waals surface area contributed by atoms with E-state index in [9.17, 15) is 9.00 Å². The summed E-state index contributed by atoms with van der Waals surface area (Å²) >= 11 is 0. The molecular formula is C11H14O3S. The quantitative estimate of drug-likeness (QED) is 0.733. The molecule has 1 unspecified atom stereocenters. The molecule has 0 aromatic heterocycles. The van der Waals surface area contributed by atoms with Crippen LogP contribution in [0.25, 0.3) is 0 Å². The topological polar surface area (TPSA) is 43.4 Å². The van der Waals surface area contributed by atoms with Crippen LogP contribution in [-0.4, -0.2) is 22.5 Å². The van der Waals surface area contributed by atoms with Crippen LogP contribution in [0.2, 0.25) is 0 Å². The van der Waals surface area contributed by atoms with E-state index in [1.165, 1.54) is 0 Å². The second kappa shape index (κ2) is 5.66. The fourth-order valence-electron chi connectivity index (χ4n) is 1.15. The van der Waals surface area contributed by atoms with Gasteiger partial charge in [-0.25, -0.2) is 0 Å². The Morgan fingerprint density at radius 3 is 2.80 bits per heavy atom. The molecular weight excluding hydrogens is 212 g/mol. The summed E-state index contributed by atoms with van der Waals surface area (Å²) < 4.78 is 16.4. The molecule has 1 aromatic carbocycles. The summed E-state index contributed by atoms with van der Waals surface area (Å²) in [6.45, 7) is 3.97. The molecule has 0 radical (unpaired) electrons. The van der Waals surface area contributed by atoms with Gasteiger partial charge in [0.05, 0.1) is 17.4 Å². The van der Waals surface area contributed by atoms with Crippen LogP contribution in [0.15, 0.2) is 29.2 Å². The highest BCUT2D eigenvalue weighted by molar-refractivity contribution is 7.85. The highest BCUT2D eigenvalue weighted by Gasteiger charge is 2.10. The zero-order chi connectivity index (χ0) is 11.3. The Bertz CT molecular complexity index is 374. The Kier molecular flexibility index (Phi) is 4.49. The highest BCUT2D eigenvalue weighted by Crippen LogP contribution is 2.09. The van der Waals surface area contributed by atoms with Crippen LogP contribution in [0.5, 0.6) is 0 Å². The van der Waals surface area contributed by atoms with Gasteiger partial charge in [0.25, 0.3) is 0 Å². The van der Waals surface area contributed by atoms with E-state index in [1.807, 2.05) is 25.1 Å². The second-order valence-electron chi connectivity index (χ2n) is 3.11. The van der Waals surface area contributed by atoms with E-state index in [-0.39, 0.29) is 5.75 Å². The minimum absolute atomic E-state index is 0.0721. The van der Waals surface area contributed by atoms with Gasteiger partial charge in [-0.05, 0) is 31.5 Å². The number of carbonyl (C=O) groups excluding carboxylic acids is 1. The minimum Gasteiger partial charge on any atom is -0.465 e. The van der Waals surface area contributed by atoms with Crippen molar-refractivity contribution in [1.29, 1.82) is 0 Å². The summed E-state index contributed by atoms with van der Waals surface area (Å²) in [4.78, 5) is 11.8. The van der Waals surface area contributed by atoms with Gasteiger partial charge >= 0.3 is 5.97 Å². The number of esters is 1. The van der Waals surface area contributed by atoms with Crippen molar-refractivity contribution in [2.45, 2.75) is 18.7 Å². The van der Waals surface area contributed by atoms with Crippen molar-refractivity contribution in [2.75, 3.05) is 12.4 Å². The number of benzene rings is 1. The fraction of sp³-hybridized carbons (Fsp3) is 0.364. The Morgan fingerprint density at radius 2 is 2.20 bits per heavy atom. The molecule has 0 aliphatic carbocycles. The molecule has 0 amide bonds. The summed E-state index contributed by atoms with van der Waals surface area (Å²) in [5.74, 6) is -0.491. The number of ether oxygens (including phenoxy) is 1. The molecule has 0 saturated carbocycles. The van der Waals surface area contributed by atoms with Gasteiger partial charge in [0.2, 0.25) is 0 Å². The van der Waals surface area contributed by atoms with Crippen molar-refractivity contribution in [1.82, 2.24) is 0 Å². The van der Waals surface area contributed by atoms with Gasteiger partial charge in [0.15, 0.2) is 0 Å². The molecule has 0 aliphatic rings. The average molecular weight is 226 g/mol. The minimum atomic E-state index is -1.30. The largest absolute Gasteiger partial charge is 0.465 e. The van der Waals surface area contributed by atoms with Crippen LogP contribution in [0, 0.1) is 6.92 Å². The molecule has 0 spiro atoms. The Balaban J connectivity index is 2.65. The Labute approximate surface area is 91.9 Å². The molecule has 4 heteroatoms. The first-order valence-corrected chi connectivity index (χ1v) is 6.06. The number of hydrogen-bond donors (Lipinski definition) is 0. The lowest BCUT2D eigenvalue weighted by atomic mass is 10.2. The van der Waals surface area contributed by atoms with Crippen molar-refractivity contribution < 1.29 is 13.7 Å². The Hall–Kier alpha value is -1.16. The molecule has 15 heavy (non-hydrogen) atoms. The SMILES string of the molecule is CCOC(=O)CS(=O)c1cccc(C)c1. The molecule has 0 heterocycles. The van der Waals surface area contributed by atoms with E-state index in [4.69, 9.17) is 4.74 Å². The van der Waals surface area contributed by atoms with E-state index in [2.05, 4.69) is 0 Å². The third-order valence-electron chi connectivity index (χ3n) is 1.81. The predicted octanol–water partition coefficient (Wildman–Crippen LogP) is 1.67. The lowest BCUT2D eigenvalue weighted by Gasteiger charge is -2.03. The number of carbonyl (C=O) groups is 1. The van der Waals surface area contributed by atoms with E-state index < -0.39 is 16.8 Å². The molecule has 0 bridgehead atoms. The molecule has 3 nitrogen and oxygen atoms in total. The second-order valence-corrected chi connectivity index (χ2v) is 4.56. The van der Waals surface area contributed by atoms with E-state index in [0.29, 0.717) is 11.5 Å². The van der Waals surface area contributed by atoms with Gasteiger partial charge in [-0.1, -0.05) is 12.1 Å². The van der Waals surface area contributed by atoms with Gasteiger partial charge in [-0.15, -0.1) is 0 Å². The lowest BCUT2D eigenvalue weighted by Crippen LogP contribution is -2.14. The van der Waals surface area contributed by atoms with Crippen molar-refractivity contribution >= 4 is 16.8 Å². The van der Waals surface area contributed by atoms with Crippen LogP contribution in [-0.2, 0) is 20.3 Å². The molecule has 0 fully saturated rings. The summed E-state index contributed by atoms with van der Waals surface area (Å²) in [7, 11) is -1.30. The maximum Gasteiger partial charge on any atom is 0.318 e. The van der Waals surface area contributed by atoms with Gasteiger partial charge < -0.3 is 4.74 Å². The predicted molar refractivity (Wildman–Crippen MR) is 59.1 cm³/mol. The molecule has 0 saturated heterocycles. The van der Waals surface area contributed by atoms with Gasteiger partial charge in [-0.3, -0.25) is 9.00 Å². The number of rotatable bonds is 4. The third kappa shape index (κ3) is 3.83. The first-order chi connectivity index (χ1) is 7.13. The van der Waals surface area contributed by atoms with Gasteiger partial charge in [0.1, 0.15) is 5.75 Å². The summed E-state index contributed by atoms with van der Waals surface area (Å²) in [5, 5.41) is 0. The maximum atomic E-state index is 11.7.